The van der Waals surface area contributed by atoms with Gasteiger partial charge in [-0.05, 0) is 38.7 Å². The number of nitrogens with two attached hydrogens (primary N) is 1. The van der Waals surface area contributed by atoms with E-state index >= 15 is 0 Å². The molecule has 2 N–H and O–H groups in total. The first-order valence-corrected chi connectivity index (χ1v) is 7.68. The lowest BCUT2D eigenvalue weighted by Gasteiger charge is -2.28. The molecular weight excluding hydrogens is 262 g/mol. The Morgan fingerprint density at radius 3 is 2.67 bits per heavy atom. The summed E-state index contributed by atoms with van der Waals surface area (Å²) in [6.07, 6.45) is 2.10. The number of nitrogens with zero attached hydrogens (tertiary/aromatic N) is 2. The van der Waals surface area contributed by atoms with Crippen molar-refractivity contribution in [2.75, 3.05) is 24.0 Å². The van der Waals surface area contributed by atoms with Crippen LogP contribution in [-0.2, 0) is 0 Å². The Labute approximate surface area is 119 Å². The van der Waals surface area contributed by atoms with Crippen LogP contribution in [0.2, 0.25) is 0 Å². The quantitative estimate of drug-likeness (QED) is 0.841. The molecule has 100 valence electrons. The fraction of sp³-hybridized carbons (Fsp3) is 0.538. The predicted molar refractivity (Wildman–Crippen MR) is 85.8 cm³/mol. The lowest BCUT2D eigenvalue weighted by atomic mass is 10.1. The normalized spacial score (nSPS) is 12.3. The zero-order chi connectivity index (χ0) is 13.9. The van der Waals surface area contributed by atoms with Gasteiger partial charge in [0.2, 0.25) is 0 Å². The molecule has 0 amide bonds. The summed E-state index contributed by atoms with van der Waals surface area (Å²) in [5.41, 5.74) is 8.81. The fourth-order valence-corrected chi connectivity index (χ4v) is 2.90. The third-order valence-corrected chi connectivity index (χ3v) is 3.99. The van der Waals surface area contributed by atoms with Crippen molar-refractivity contribution in [1.29, 1.82) is 0 Å². The van der Waals surface area contributed by atoms with Crippen molar-refractivity contribution in [3.8, 4) is 0 Å². The second-order valence-electron chi connectivity index (χ2n) is 4.56. The summed E-state index contributed by atoms with van der Waals surface area (Å²) in [4.78, 5) is 7.18. The Morgan fingerprint density at radius 1 is 1.56 bits per heavy atom. The van der Waals surface area contributed by atoms with Crippen LogP contribution in [0.1, 0.15) is 23.7 Å². The first kappa shape index (κ1) is 15.2. The van der Waals surface area contributed by atoms with Gasteiger partial charge in [-0.1, -0.05) is 12.2 Å². The molecule has 1 unspecified atom stereocenters. The summed E-state index contributed by atoms with van der Waals surface area (Å²) < 4.78 is 0. The standard InChI is InChI=1S/C13H21N3S2/c1-8-6-9(2)15-13(11(8)12(14)17)16(4)10(3)7-18-5/h6,10H,7H2,1-5H3,(H2,14,17). The molecule has 0 aliphatic carbocycles. The zero-order valence-electron chi connectivity index (χ0n) is 11.7. The number of anilines is 1. The van der Waals surface area contributed by atoms with Gasteiger partial charge in [0.05, 0.1) is 5.56 Å². The van der Waals surface area contributed by atoms with E-state index in [4.69, 9.17) is 18.0 Å². The number of thioether (sulfide) groups is 1. The molecule has 0 radical (unpaired) electrons. The molecule has 0 spiro atoms. The number of aryl methyl sites for hydroxylation is 2. The van der Waals surface area contributed by atoms with Crippen molar-refractivity contribution in [3.05, 3.63) is 22.9 Å². The van der Waals surface area contributed by atoms with Gasteiger partial charge in [0, 0.05) is 24.5 Å². The summed E-state index contributed by atoms with van der Waals surface area (Å²) in [5.74, 6) is 1.93. The Balaban J connectivity index is 3.25. The molecule has 0 bridgehead atoms. The predicted octanol–water partition coefficient (Wildman–Crippen LogP) is 2.52. The van der Waals surface area contributed by atoms with Crippen LogP contribution in [0.5, 0.6) is 0 Å². The minimum absolute atomic E-state index is 0.391. The molecule has 0 saturated carbocycles. The Morgan fingerprint density at radius 2 is 2.17 bits per heavy atom. The average molecular weight is 283 g/mol. The van der Waals surface area contributed by atoms with Gasteiger partial charge in [-0.3, -0.25) is 0 Å². The highest BCUT2D eigenvalue weighted by Gasteiger charge is 2.18. The van der Waals surface area contributed by atoms with Gasteiger partial charge in [0.25, 0.3) is 0 Å². The number of hydrogen-bond donors (Lipinski definition) is 1. The lowest BCUT2D eigenvalue weighted by molar-refractivity contribution is 0.750. The van der Waals surface area contributed by atoms with Crippen LogP contribution < -0.4 is 10.6 Å². The van der Waals surface area contributed by atoms with Gasteiger partial charge >= 0.3 is 0 Å². The number of hydrogen-bond acceptors (Lipinski definition) is 4. The van der Waals surface area contributed by atoms with Crippen LogP contribution in [0.4, 0.5) is 5.82 Å². The maximum Gasteiger partial charge on any atom is 0.139 e. The van der Waals surface area contributed by atoms with Crippen molar-refractivity contribution in [1.82, 2.24) is 4.98 Å². The molecular formula is C13H21N3S2. The first-order chi connectivity index (χ1) is 8.38. The Hall–Kier alpha value is -0.810. The van der Waals surface area contributed by atoms with Crippen LogP contribution in [0.15, 0.2) is 6.07 Å². The molecule has 5 heteroatoms. The van der Waals surface area contributed by atoms with Gasteiger partial charge in [-0.15, -0.1) is 0 Å². The molecule has 0 saturated heterocycles. The fourth-order valence-electron chi connectivity index (χ4n) is 1.94. The van der Waals surface area contributed by atoms with E-state index in [-0.39, 0.29) is 0 Å². The molecule has 0 aliphatic rings. The van der Waals surface area contributed by atoms with E-state index in [1.165, 1.54) is 0 Å². The monoisotopic (exact) mass is 283 g/mol. The smallest absolute Gasteiger partial charge is 0.139 e. The molecule has 18 heavy (non-hydrogen) atoms. The maximum absolute atomic E-state index is 5.84. The highest BCUT2D eigenvalue weighted by molar-refractivity contribution is 7.98. The van der Waals surface area contributed by atoms with E-state index in [0.29, 0.717) is 11.0 Å². The maximum atomic E-state index is 5.84. The van der Waals surface area contributed by atoms with Crippen molar-refractivity contribution in [2.45, 2.75) is 26.8 Å². The number of thiocarbonyl (C=S) groups is 1. The minimum atomic E-state index is 0.391. The van der Waals surface area contributed by atoms with Crippen LogP contribution in [0.3, 0.4) is 0 Å². The van der Waals surface area contributed by atoms with Gasteiger partial charge in [-0.25, -0.2) is 4.98 Å². The van der Waals surface area contributed by atoms with E-state index in [2.05, 4.69) is 23.1 Å². The largest absolute Gasteiger partial charge is 0.389 e. The first-order valence-electron chi connectivity index (χ1n) is 5.88. The second-order valence-corrected chi connectivity index (χ2v) is 5.91. The minimum Gasteiger partial charge on any atom is -0.389 e. The van der Waals surface area contributed by atoms with Gasteiger partial charge in [0.15, 0.2) is 0 Å². The molecule has 1 atom stereocenters. The molecule has 0 fully saturated rings. The molecule has 1 heterocycles. The molecule has 1 rings (SSSR count). The SMILES string of the molecule is CSCC(C)N(C)c1nc(C)cc(C)c1C(N)=S. The molecule has 0 aromatic carbocycles. The third kappa shape index (κ3) is 3.36. The van der Waals surface area contributed by atoms with Crippen LogP contribution in [0.25, 0.3) is 0 Å². The van der Waals surface area contributed by atoms with E-state index < -0.39 is 0 Å². The van der Waals surface area contributed by atoms with Gasteiger partial charge in [-0.2, -0.15) is 11.8 Å². The lowest BCUT2D eigenvalue weighted by Crippen LogP contribution is -2.34. The van der Waals surface area contributed by atoms with Gasteiger partial charge in [0.1, 0.15) is 10.8 Å². The van der Waals surface area contributed by atoms with Gasteiger partial charge < -0.3 is 10.6 Å². The Bertz CT molecular complexity index is 446. The highest BCUT2D eigenvalue weighted by atomic mass is 32.2. The molecule has 1 aromatic rings. The number of rotatable bonds is 5. The second kappa shape index (κ2) is 6.38. The van der Waals surface area contributed by atoms with Crippen LogP contribution in [0, 0.1) is 13.8 Å². The van der Waals surface area contributed by atoms with E-state index in [1.54, 1.807) is 0 Å². The average Bonchev–Trinajstić information content (AvgIpc) is 2.26. The van der Waals surface area contributed by atoms with E-state index in [1.807, 2.05) is 38.7 Å². The van der Waals surface area contributed by atoms with Crippen molar-refractivity contribution < 1.29 is 0 Å². The van der Waals surface area contributed by atoms with E-state index in [0.717, 1.165) is 28.4 Å². The summed E-state index contributed by atoms with van der Waals surface area (Å²) >= 11 is 6.98. The molecule has 3 nitrogen and oxygen atoms in total. The van der Waals surface area contributed by atoms with Crippen molar-refractivity contribution >= 4 is 34.8 Å². The summed E-state index contributed by atoms with van der Waals surface area (Å²) in [7, 11) is 2.05. The van der Waals surface area contributed by atoms with Crippen molar-refractivity contribution in [3.63, 3.8) is 0 Å². The summed E-state index contributed by atoms with van der Waals surface area (Å²) in [6, 6.07) is 2.41. The number of pyridine rings is 1. The van der Waals surface area contributed by atoms with Crippen LogP contribution >= 0.6 is 24.0 Å². The van der Waals surface area contributed by atoms with E-state index in [9.17, 15) is 0 Å². The van der Waals surface area contributed by atoms with Crippen molar-refractivity contribution in [2.24, 2.45) is 5.73 Å². The third-order valence-electron chi connectivity index (χ3n) is 2.98. The molecule has 0 aliphatic heterocycles. The summed E-state index contributed by atoms with van der Waals surface area (Å²) in [5, 5.41) is 0. The molecule has 1 aromatic heterocycles. The zero-order valence-corrected chi connectivity index (χ0v) is 13.3. The number of aromatic nitrogens is 1. The highest BCUT2D eigenvalue weighted by Crippen LogP contribution is 2.23. The topological polar surface area (TPSA) is 42.2 Å². The van der Waals surface area contributed by atoms with Crippen LogP contribution in [-0.4, -0.2) is 35.1 Å². The summed E-state index contributed by atoms with van der Waals surface area (Å²) in [6.45, 7) is 6.20. The Kier molecular flexibility index (Phi) is 5.41.